The van der Waals surface area contributed by atoms with Gasteiger partial charge in [-0.1, -0.05) is 13.8 Å². The van der Waals surface area contributed by atoms with Crippen LogP contribution in [-0.4, -0.2) is 52.7 Å². The monoisotopic (exact) mass is 266 g/mol. The Balaban J connectivity index is 1.85. The van der Waals surface area contributed by atoms with Gasteiger partial charge in [-0.3, -0.25) is 9.69 Å². The summed E-state index contributed by atoms with van der Waals surface area (Å²) in [6.45, 7) is 10.4. The van der Waals surface area contributed by atoms with E-state index in [0.29, 0.717) is 23.9 Å². The molecule has 3 aliphatic rings. The van der Waals surface area contributed by atoms with Crippen LogP contribution in [0.25, 0.3) is 0 Å². The number of amides is 1. The van der Waals surface area contributed by atoms with E-state index in [2.05, 4.69) is 37.5 Å². The average molecular weight is 266 g/mol. The van der Waals surface area contributed by atoms with Gasteiger partial charge in [0.15, 0.2) is 0 Å². The van der Waals surface area contributed by atoms with E-state index in [9.17, 15) is 4.79 Å². The normalized spacial score (nSPS) is 38.5. The molecule has 0 aromatic rings. The smallest absolute Gasteiger partial charge is 0.242 e. The second kappa shape index (κ2) is 4.45. The van der Waals surface area contributed by atoms with Crippen LogP contribution in [-0.2, 0) is 9.53 Å². The van der Waals surface area contributed by atoms with Crippen LogP contribution < -0.4 is 0 Å². The second-order valence-corrected chi connectivity index (χ2v) is 7.02. The first-order valence-corrected chi connectivity index (χ1v) is 7.66. The zero-order chi connectivity index (χ0) is 13.8. The fraction of sp³-hybridized carbons (Fsp3) is 0.933. The third-order valence-corrected chi connectivity index (χ3v) is 5.11. The van der Waals surface area contributed by atoms with Gasteiger partial charge in [-0.15, -0.1) is 0 Å². The third kappa shape index (κ3) is 1.91. The van der Waals surface area contributed by atoms with Crippen LogP contribution in [0.5, 0.6) is 0 Å². The summed E-state index contributed by atoms with van der Waals surface area (Å²) in [6.07, 6.45) is 3.59. The Kier molecular flexibility index (Phi) is 3.13. The van der Waals surface area contributed by atoms with Gasteiger partial charge in [0.1, 0.15) is 11.8 Å². The minimum atomic E-state index is -0.307. The van der Waals surface area contributed by atoms with E-state index in [1.165, 1.54) is 12.8 Å². The van der Waals surface area contributed by atoms with Crippen LogP contribution in [0, 0.1) is 5.92 Å². The largest absolute Gasteiger partial charge is 0.359 e. The molecule has 19 heavy (non-hydrogen) atoms. The molecule has 4 nitrogen and oxygen atoms in total. The van der Waals surface area contributed by atoms with E-state index in [0.717, 1.165) is 19.6 Å². The van der Waals surface area contributed by atoms with Gasteiger partial charge >= 0.3 is 0 Å². The van der Waals surface area contributed by atoms with E-state index in [4.69, 9.17) is 4.74 Å². The molecule has 3 rings (SSSR count). The SMILES string of the molecule is CC(C)[C@H]1COC(C)(C)N1[C@@H]1C(=O)N2CCCC[C@@H]12. The summed E-state index contributed by atoms with van der Waals surface area (Å²) in [5.41, 5.74) is -0.307. The maximum Gasteiger partial charge on any atom is 0.242 e. The summed E-state index contributed by atoms with van der Waals surface area (Å²) < 4.78 is 5.97. The maximum absolute atomic E-state index is 12.5. The molecule has 0 aromatic carbocycles. The van der Waals surface area contributed by atoms with Gasteiger partial charge in [-0.25, -0.2) is 0 Å². The van der Waals surface area contributed by atoms with Crippen molar-refractivity contribution in [2.75, 3.05) is 13.2 Å². The van der Waals surface area contributed by atoms with Crippen molar-refractivity contribution in [2.45, 2.75) is 70.8 Å². The van der Waals surface area contributed by atoms with Gasteiger partial charge in [0.05, 0.1) is 12.6 Å². The van der Waals surface area contributed by atoms with Crippen molar-refractivity contribution < 1.29 is 9.53 Å². The van der Waals surface area contributed by atoms with E-state index in [1.54, 1.807) is 0 Å². The Bertz CT molecular complexity index is 380. The van der Waals surface area contributed by atoms with Gasteiger partial charge in [0, 0.05) is 12.6 Å². The number of piperidine rings is 1. The van der Waals surface area contributed by atoms with E-state index in [-0.39, 0.29) is 11.8 Å². The quantitative estimate of drug-likeness (QED) is 0.715. The molecular formula is C15H26N2O2. The number of nitrogens with zero attached hydrogens (tertiary/aromatic N) is 2. The molecule has 3 aliphatic heterocycles. The predicted molar refractivity (Wildman–Crippen MR) is 73.6 cm³/mol. The molecule has 108 valence electrons. The summed E-state index contributed by atoms with van der Waals surface area (Å²) in [5.74, 6) is 0.848. The Morgan fingerprint density at radius 2 is 2.05 bits per heavy atom. The minimum absolute atomic E-state index is 0.0604. The van der Waals surface area contributed by atoms with Gasteiger partial charge in [-0.2, -0.15) is 0 Å². The zero-order valence-corrected chi connectivity index (χ0v) is 12.6. The first-order chi connectivity index (χ1) is 8.93. The Morgan fingerprint density at radius 1 is 1.32 bits per heavy atom. The van der Waals surface area contributed by atoms with Crippen molar-refractivity contribution in [3.8, 4) is 0 Å². The molecule has 0 radical (unpaired) electrons. The van der Waals surface area contributed by atoms with Gasteiger partial charge < -0.3 is 9.64 Å². The highest BCUT2D eigenvalue weighted by molar-refractivity contribution is 5.89. The number of hydrogen-bond acceptors (Lipinski definition) is 3. The highest BCUT2D eigenvalue weighted by atomic mass is 16.5. The van der Waals surface area contributed by atoms with Crippen LogP contribution >= 0.6 is 0 Å². The molecule has 3 atom stereocenters. The lowest BCUT2D eigenvalue weighted by molar-refractivity contribution is -0.178. The lowest BCUT2D eigenvalue weighted by Crippen LogP contribution is -2.74. The van der Waals surface area contributed by atoms with Gasteiger partial charge in [0.25, 0.3) is 0 Å². The summed E-state index contributed by atoms with van der Waals surface area (Å²) in [6, 6.07) is 0.863. The molecule has 1 amide bonds. The van der Waals surface area contributed by atoms with Crippen LogP contribution in [0.15, 0.2) is 0 Å². The topological polar surface area (TPSA) is 32.8 Å². The molecule has 3 heterocycles. The van der Waals surface area contributed by atoms with Crippen molar-refractivity contribution in [3.05, 3.63) is 0 Å². The van der Waals surface area contributed by atoms with E-state index in [1.807, 2.05) is 0 Å². The molecule has 0 spiro atoms. The highest BCUT2D eigenvalue weighted by Gasteiger charge is 2.58. The van der Waals surface area contributed by atoms with Crippen molar-refractivity contribution in [1.29, 1.82) is 0 Å². The summed E-state index contributed by atoms with van der Waals surface area (Å²) in [5, 5.41) is 0. The van der Waals surface area contributed by atoms with Crippen LogP contribution in [0.2, 0.25) is 0 Å². The number of hydrogen-bond donors (Lipinski definition) is 0. The number of ether oxygens (including phenoxy) is 1. The van der Waals surface area contributed by atoms with Crippen molar-refractivity contribution in [3.63, 3.8) is 0 Å². The first-order valence-electron chi connectivity index (χ1n) is 7.66. The Hall–Kier alpha value is -0.610. The molecule has 0 unspecified atom stereocenters. The van der Waals surface area contributed by atoms with Crippen LogP contribution in [0.3, 0.4) is 0 Å². The first kappa shape index (κ1) is 13.4. The zero-order valence-electron chi connectivity index (χ0n) is 12.6. The van der Waals surface area contributed by atoms with Crippen molar-refractivity contribution >= 4 is 5.91 Å². The molecule has 0 aromatic heterocycles. The third-order valence-electron chi connectivity index (χ3n) is 5.11. The van der Waals surface area contributed by atoms with Gasteiger partial charge in [0.2, 0.25) is 5.91 Å². The van der Waals surface area contributed by atoms with Crippen LogP contribution in [0.1, 0.15) is 47.0 Å². The van der Waals surface area contributed by atoms with E-state index < -0.39 is 0 Å². The Morgan fingerprint density at radius 3 is 2.74 bits per heavy atom. The molecule has 0 bridgehead atoms. The van der Waals surface area contributed by atoms with Crippen molar-refractivity contribution in [2.24, 2.45) is 5.92 Å². The predicted octanol–water partition coefficient (Wildman–Crippen LogP) is 1.84. The summed E-state index contributed by atoms with van der Waals surface area (Å²) >= 11 is 0. The number of rotatable bonds is 2. The molecule has 4 heteroatoms. The number of fused-ring (bicyclic) bond motifs is 1. The Labute approximate surface area is 116 Å². The lowest BCUT2D eigenvalue weighted by Gasteiger charge is -2.56. The van der Waals surface area contributed by atoms with Crippen molar-refractivity contribution in [1.82, 2.24) is 9.80 Å². The summed E-state index contributed by atoms with van der Waals surface area (Å²) in [7, 11) is 0. The minimum Gasteiger partial charge on any atom is -0.359 e. The average Bonchev–Trinajstić information content (AvgIpc) is 2.65. The molecule has 3 saturated heterocycles. The molecule has 0 N–H and O–H groups in total. The fourth-order valence-electron chi connectivity index (χ4n) is 4.01. The molecule has 3 fully saturated rings. The fourth-order valence-corrected chi connectivity index (χ4v) is 4.01. The lowest BCUT2D eigenvalue weighted by atomic mass is 9.83. The second-order valence-electron chi connectivity index (χ2n) is 7.02. The van der Waals surface area contributed by atoms with Gasteiger partial charge in [-0.05, 0) is 39.0 Å². The number of carbonyl (C=O) groups is 1. The molecular weight excluding hydrogens is 240 g/mol. The highest BCUT2D eigenvalue weighted by Crippen LogP contribution is 2.41. The summed E-state index contributed by atoms with van der Waals surface area (Å²) in [4.78, 5) is 16.9. The van der Waals surface area contributed by atoms with E-state index >= 15 is 0 Å². The van der Waals surface area contributed by atoms with Crippen LogP contribution in [0.4, 0.5) is 0 Å². The standard InChI is InChI=1S/C15H26N2O2/c1-10(2)12-9-19-15(3,4)17(12)13-11-7-5-6-8-16(11)14(13)18/h10-13H,5-9H2,1-4H3/t11-,12+,13-/m0/s1. The number of β-lactam (4-membered cyclic amide) rings is 1. The molecule has 0 saturated carbocycles. The molecule has 0 aliphatic carbocycles. The maximum atomic E-state index is 12.5. The number of carbonyl (C=O) groups excluding carboxylic acids is 1.